The number of H-pyrrole nitrogens is 1. The molecule has 1 atom stereocenters. The fourth-order valence-electron chi connectivity index (χ4n) is 5.25. The summed E-state index contributed by atoms with van der Waals surface area (Å²) in [7, 11) is 0. The first-order valence-corrected chi connectivity index (χ1v) is 12.1. The number of amides is 2. The van der Waals surface area contributed by atoms with Crippen LogP contribution >= 0.6 is 0 Å². The number of aliphatic hydroxyl groups is 1. The van der Waals surface area contributed by atoms with Gasteiger partial charge in [0.25, 0.3) is 11.8 Å². The maximum Gasteiger partial charge on any atom is 0.349 e. The molecule has 10 heteroatoms. The van der Waals surface area contributed by atoms with Crippen molar-refractivity contribution in [1.29, 1.82) is 0 Å². The van der Waals surface area contributed by atoms with Gasteiger partial charge in [-0.15, -0.1) is 0 Å². The molecule has 2 aliphatic heterocycles. The van der Waals surface area contributed by atoms with Gasteiger partial charge in [0.1, 0.15) is 17.2 Å². The zero-order valence-corrected chi connectivity index (χ0v) is 19.5. The van der Waals surface area contributed by atoms with Gasteiger partial charge in [0.15, 0.2) is 0 Å². The summed E-state index contributed by atoms with van der Waals surface area (Å²) in [6, 6.07) is 9.47. The molecule has 0 bridgehead atoms. The lowest BCUT2D eigenvalue weighted by Crippen LogP contribution is -2.47. The molecular formula is C26H25N5O5. The van der Waals surface area contributed by atoms with E-state index in [1.807, 2.05) is 24.3 Å². The minimum atomic E-state index is -1.29. The molecule has 0 radical (unpaired) electrons. The Bertz CT molecular complexity index is 1540. The number of aromatic amines is 1. The molecule has 6 rings (SSSR count). The van der Waals surface area contributed by atoms with Crippen LogP contribution in [0.2, 0.25) is 0 Å². The van der Waals surface area contributed by atoms with Crippen LogP contribution in [0, 0.1) is 0 Å². The Balaban J connectivity index is 1.26. The van der Waals surface area contributed by atoms with E-state index in [1.165, 1.54) is 17.3 Å². The number of rotatable bonds is 5. The van der Waals surface area contributed by atoms with Crippen LogP contribution in [0.3, 0.4) is 0 Å². The van der Waals surface area contributed by atoms with Crippen molar-refractivity contribution < 1.29 is 19.1 Å². The van der Waals surface area contributed by atoms with Crippen molar-refractivity contribution in [2.45, 2.75) is 31.7 Å². The summed E-state index contributed by atoms with van der Waals surface area (Å²) in [6.45, 7) is 1.33. The number of carbonyl (C=O) groups excluding carboxylic acids is 2. The van der Waals surface area contributed by atoms with Crippen molar-refractivity contribution >= 4 is 45.5 Å². The molecule has 0 saturated carbocycles. The molecule has 2 aromatic carbocycles. The van der Waals surface area contributed by atoms with Gasteiger partial charge in [-0.2, -0.15) is 0 Å². The normalized spacial score (nSPS) is 15.5. The van der Waals surface area contributed by atoms with Crippen LogP contribution in [0.25, 0.3) is 22.0 Å². The molecule has 4 N–H and O–H groups in total. The third-order valence-corrected chi connectivity index (χ3v) is 6.90. The molecule has 2 aliphatic rings. The topological polar surface area (TPSA) is 141 Å². The lowest BCUT2D eigenvalue weighted by Gasteiger charge is -2.37. The Hall–Kier alpha value is -4.18. The molecule has 4 aromatic rings. The van der Waals surface area contributed by atoms with Crippen molar-refractivity contribution in [3.63, 3.8) is 0 Å². The van der Waals surface area contributed by atoms with Crippen molar-refractivity contribution in [1.82, 2.24) is 15.3 Å². The van der Waals surface area contributed by atoms with Gasteiger partial charge in [-0.1, -0.05) is 12.1 Å². The van der Waals surface area contributed by atoms with E-state index in [1.54, 1.807) is 6.07 Å². The number of para-hydroxylation sites is 2. The summed E-state index contributed by atoms with van der Waals surface area (Å²) in [5.41, 5.74) is 4.31. The number of aliphatic hydroxyl groups excluding tert-OH is 1. The summed E-state index contributed by atoms with van der Waals surface area (Å²) >= 11 is 0. The Morgan fingerprint density at radius 3 is 2.78 bits per heavy atom. The molecule has 1 unspecified atom stereocenters. The minimum absolute atomic E-state index is 0.187. The molecule has 0 aliphatic carbocycles. The molecule has 184 valence electrons. The van der Waals surface area contributed by atoms with Gasteiger partial charge in [0.05, 0.1) is 17.6 Å². The highest BCUT2D eigenvalue weighted by atomic mass is 16.4. The SMILES string of the molecule is O=C(NC(CO)C(=O)Nc1nc2ccccc2[nH]1)c1cc2cc3c4c(c2oc1=O)CCCN4CCC3. The summed E-state index contributed by atoms with van der Waals surface area (Å²) in [6.07, 6.45) is 3.79. The van der Waals surface area contributed by atoms with Crippen LogP contribution in [0.15, 0.2) is 45.6 Å². The number of aromatic nitrogens is 2. The molecule has 2 aromatic heterocycles. The zero-order valence-electron chi connectivity index (χ0n) is 19.5. The smallest absolute Gasteiger partial charge is 0.349 e. The largest absolute Gasteiger partial charge is 0.422 e. The number of hydrogen-bond donors (Lipinski definition) is 4. The molecule has 36 heavy (non-hydrogen) atoms. The molecule has 0 fully saturated rings. The summed E-state index contributed by atoms with van der Waals surface area (Å²) in [4.78, 5) is 48.1. The first-order valence-electron chi connectivity index (χ1n) is 12.1. The molecule has 0 saturated heterocycles. The third kappa shape index (κ3) is 3.79. The Morgan fingerprint density at radius 2 is 1.97 bits per heavy atom. The van der Waals surface area contributed by atoms with Gasteiger partial charge >= 0.3 is 5.63 Å². The average molecular weight is 488 g/mol. The lowest BCUT2D eigenvalue weighted by molar-refractivity contribution is -0.118. The van der Waals surface area contributed by atoms with Gasteiger partial charge in [0, 0.05) is 29.7 Å². The second-order valence-electron chi connectivity index (χ2n) is 9.22. The van der Waals surface area contributed by atoms with Crippen LogP contribution in [0.5, 0.6) is 0 Å². The highest BCUT2D eigenvalue weighted by Crippen LogP contribution is 2.39. The number of imidazole rings is 1. The minimum Gasteiger partial charge on any atom is -0.422 e. The lowest BCUT2D eigenvalue weighted by atomic mass is 9.90. The number of aryl methyl sites for hydroxylation is 2. The van der Waals surface area contributed by atoms with Crippen molar-refractivity contribution in [3.8, 4) is 0 Å². The van der Waals surface area contributed by atoms with E-state index in [4.69, 9.17) is 4.42 Å². The molecule has 0 spiro atoms. The van der Waals surface area contributed by atoms with E-state index in [0.717, 1.165) is 49.9 Å². The number of hydrogen-bond acceptors (Lipinski definition) is 7. The molecule has 4 heterocycles. The van der Waals surface area contributed by atoms with Gasteiger partial charge in [-0.05, 0) is 55.5 Å². The predicted molar refractivity (Wildman–Crippen MR) is 134 cm³/mol. The van der Waals surface area contributed by atoms with E-state index in [9.17, 15) is 19.5 Å². The second-order valence-corrected chi connectivity index (χ2v) is 9.22. The predicted octanol–water partition coefficient (Wildman–Crippen LogP) is 2.10. The average Bonchev–Trinajstić information content (AvgIpc) is 3.29. The number of anilines is 2. The number of nitrogens with one attached hydrogen (secondary N) is 3. The highest BCUT2D eigenvalue weighted by molar-refractivity contribution is 6.02. The van der Waals surface area contributed by atoms with E-state index < -0.39 is 30.1 Å². The first kappa shape index (κ1) is 22.3. The number of carbonyl (C=O) groups is 2. The Kier molecular flexibility index (Phi) is 5.45. The maximum atomic E-state index is 13.0. The third-order valence-electron chi connectivity index (χ3n) is 6.90. The van der Waals surface area contributed by atoms with Crippen LogP contribution in [0.4, 0.5) is 11.6 Å². The van der Waals surface area contributed by atoms with Crippen molar-refractivity contribution in [2.75, 3.05) is 29.9 Å². The summed E-state index contributed by atoms with van der Waals surface area (Å²) < 4.78 is 5.67. The number of nitrogens with zero attached hydrogens (tertiary/aromatic N) is 2. The standard InChI is InChI=1S/C26H25N5O5/c32-13-20(24(34)30-26-28-18-7-1-2-8-19(18)29-26)27-23(33)17-12-15-11-14-5-3-9-31-10-4-6-16(21(14)31)22(15)36-25(17)35/h1-2,7-8,11-12,20,32H,3-6,9-10,13H2,(H,27,33)(H2,28,29,30,34). The van der Waals surface area contributed by atoms with Crippen LogP contribution in [-0.4, -0.2) is 52.6 Å². The van der Waals surface area contributed by atoms with Crippen molar-refractivity contribution in [3.05, 3.63) is 63.5 Å². The van der Waals surface area contributed by atoms with E-state index in [2.05, 4.69) is 25.5 Å². The van der Waals surface area contributed by atoms with E-state index in [0.29, 0.717) is 16.5 Å². The van der Waals surface area contributed by atoms with Gasteiger partial charge in [-0.25, -0.2) is 9.78 Å². The van der Waals surface area contributed by atoms with E-state index >= 15 is 0 Å². The zero-order chi connectivity index (χ0) is 24.8. The highest BCUT2D eigenvalue weighted by Gasteiger charge is 2.28. The number of benzene rings is 2. The maximum absolute atomic E-state index is 13.0. The monoisotopic (exact) mass is 487 g/mol. The van der Waals surface area contributed by atoms with E-state index in [-0.39, 0.29) is 11.5 Å². The Morgan fingerprint density at radius 1 is 1.17 bits per heavy atom. The summed E-state index contributed by atoms with van der Waals surface area (Å²) in [5, 5.41) is 15.5. The van der Waals surface area contributed by atoms with Crippen LogP contribution < -0.4 is 21.2 Å². The van der Waals surface area contributed by atoms with Gasteiger partial charge < -0.3 is 24.7 Å². The Labute approximate surface area is 205 Å². The fraction of sp³-hybridized carbons (Fsp3) is 0.308. The molecule has 10 nitrogen and oxygen atoms in total. The number of fused-ring (bicyclic) bond motifs is 3. The van der Waals surface area contributed by atoms with Crippen LogP contribution in [0.1, 0.15) is 34.3 Å². The van der Waals surface area contributed by atoms with Crippen molar-refractivity contribution in [2.24, 2.45) is 0 Å². The fourth-order valence-corrected chi connectivity index (χ4v) is 5.25. The summed E-state index contributed by atoms with van der Waals surface area (Å²) in [5.74, 6) is -1.28. The first-order chi connectivity index (χ1) is 17.5. The molecule has 2 amide bonds. The molecular weight excluding hydrogens is 462 g/mol. The quantitative estimate of drug-likeness (QED) is 0.316. The van der Waals surface area contributed by atoms with Gasteiger partial charge in [0.2, 0.25) is 5.95 Å². The van der Waals surface area contributed by atoms with Crippen LogP contribution in [-0.2, 0) is 17.6 Å². The second kappa shape index (κ2) is 8.80. The van der Waals surface area contributed by atoms with Gasteiger partial charge in [-0.3, -0.25) is 14.9 Å².